The number of carboxylic acids is 1. The van der Waals surface area contributed by atoms with Gasteiger partial charge < -0.3 is 14.7 Å². The molecule has 0 saturated carbocycles. The molecule has 0 unspecified atom stereocenters. The van der Waals surface area contributed by atoms with Gasteiger partial charge in [0.05, 0.1) is 12.2 Å². The Balaban J connectivity index is 1.69. The van der Waals surface area contributed by atoms with Gasteiger partial charge in [-0.25, -0.2) is 13.6 Å². The van der Waals surface area contributed by atoms with Crippen molar-refractivity contribution < 1.29 is 28.2 Å². The summed E-state index contributed by atoms with van der Waals surface area (Å²) in [5.74, 6) is -2.18. The third-order valence-electron chi connectivity index (χ3n) is 6.81. The third-order valence-corrected chi connectivity index (χ3v) is 6.81. The first-order valence-corrected chi connectivity index (χ1v) is 12.2. The molecule has 0 bridgehead atoms. The van der Waals surface area contributed by atoms with Crippen molar-refractivity contribution in [3.8, 4) is 0 Å². The summed E-state index contributed by atoms with van der Waals surface area (Å²) >= 11 is 0. The molecule has 2 aliphatic heterocycles. The number of benzene rings is 1. The Morgan fingerprint density at radius 3 is 2.61 bits per heavy atom. The zero-order valence-electron chi connectivity index (χ0n) is 20.9. The number of amides is 1. The van der Waals surface area contributed by atoms with Gasteiger partial charge in [0.25, 0.3) is 5.91 Å². The van der Waals surface area contributed by atoms with E-state index in [1.165, 1.54) is 12.1 Å². The van der Waals surface area contributed by atoms with E-state index in [9.17, 15) is 18.4 Å². The number of halogens is 2. The molecule has 36 heavy (non-hydrogen) atoms. The largest absolute Gasteiger partial charge is 0.478 e. The Kier molecular flexibility index (Phi) is 9.34. The maximum Gasteiger partial charge on any atom is 0.335 e. The van der Waals surface area contributed by atoms with Crippen LogP contribution in [-0.4, -0.2) is 66.2 Å². The summed E-state index contributed by atoms with van der Waals surface area (Å²) in [6.07, 6.45) is 9.15. The fourth-order valence-electron chi connectivity index (χ4n) is 4.56. The molecule has 8 heteroatoms. The van der Waals surface area contributed by atoms with Crippen LogP contribution in [0.3, 0.4) is 0 Å². The average molecular weight is 501 g/mol. The topological polar surface area (TPSA) is 70.1 Å². The van der Waals surface area contributed by atoms with Gasteiger partial charge >= 0.3 is 5.97 Å². The SMILES string of the molecule is C=C(/C=C\C(=C/CC)N1CC2(CCN(C/C=C(/C)c3cc(F)ccc3F)CC2)COCC1=O)C(=O)O. The van der Waals surface area contributed by atoms with E-state index in [2.05, 4.69) is 11.5 Å². The fraction of sp³-hybridized carbons (Fsp3) is 0.429. The highest BCUT2D eigenvalue weighted by Crippen LogP contribution is 2.36. The lowest BCUT2D eigenvalue weighted by molar-refractivity contribution is -0.132. The van der Waals surface area contributed by atoms with Crippen LogP contribution < -0.4 is 0 Å². The van der Waals surface area contributed by atoms with Gasteiger partial charge in [-0.3, -0.25) is 9.69 Å². The first-order chi connectivity index (χ1) is 17.1. The van der Waals surface area contributed by atoms with Crippen molar-refractivity contribution in [2.24, 2.45) is 5.41 Å². The Bertz CT molecular complexity index is 1090. The van der Waals surface area contributed by atoms with E-state index in [0.29, 0.717) is 37.4 Å². The van der Waals surface area contributed by atoms with Crippen LogP contribution in [0, 0.1) is 17.0 Å². The minimum Gasteiger partial charge on any atom is -0.478 e. The van der Waals surface area contributed by atoms with Crippen LogP contribution in [0.25, 0.3) is 5.57 Å². The highest BCUT2D eigenvalue weighted by molar-refractivity contribution is 5.89. The van der Waals surface area contributed by atoms with Gasteiger partial charge in [0.1, 0.15) is 18.2 Å². The minimum absolute atomic E-state index is 0.0264. The Morgan fingerprint density at radius 2 is 1.94 bits per heavy atom. The summed E-state index contributed by atoms with van der Waals surface area (Å²) in [5.41, 5.74) is 1.32. The molecule has 3 rings (SSSR count). The van der Waals surface area contributed by atoms with E-state index in [-0.39, 0.29) is 29.1 Å². The van der Waals surface area contributed by atoms with E-state index in [1.807, 2.05) is 19.1 Å². The number of carbonyl (C=O) groups is 2. The van der Waals surface area contributed by atoms with Gasteiger partial charge in [0, 0.05) is 29.8 Å². The molecule has 1 amide bonds. The summed E-state index contributed by atoms with van der Waals surface area (Å²) in [4.78, 5) is 28.0. The lowest BCUT2D eigenvalue weighted by Crippen LogP contribution is -2.47. The van der Waals surface area contributed by atoms with Crippen molar-refractivity contribution in [1.29, 1.82) is 0 Å². The second-order valence-corrected chi connectivity index (χ2v) is 9.49. The van der Waals surface area contributed by atoms with E-state index in [0.717, 1.165) is 38.1 Å². The second kappa shape index (κ2) is 12.2. The summed E-state index contributed by atoms with van der Waals surface area (Å²) in [6.45, 7) is 10.4. The van der Waals surface area contributed by atoms with Crippen molar-refractivity contribution in [2.75, 3.05) is 39.4 Å². The summed E-state index contributed by atoms with van der Waals surface area (Å²) < 4.78 is 33.4. The number of rotatable bonds is 8. The van der Waals surface area contributed by atoms with Gasteiger partial charge in [-0.2, -0.15) is 0 Å². The van der Waals surface area contributed by atoms with Gasteiger partial charge in [-0.05, 0) is 75.2 Å². The molecule has 1 spiro atoms. The van der Waals surface area contributed by atoms with Crippen LogP contribution in [-0.2, 0) is 14.3 Å². The highest BCUT2D eigenvalue weighted by Gasteiger charge is 2.40. The highest BCUT2D eigenvalue weighted by atomic mass is 19.1. The number of hydrogen-bond acceptors (Lipinski definition) is 4. The van der Waals surface area contributed by atoms with Gasteiger partial charge in [0.15, 0.2) is 0 Å². The number of likely N-dealkylation sites (tertiary alicyclic amines) is 1. The summed E-state index contributed by atoms with van der Waals surface area (Å²) in [7, 11) is 0. The first-order valence-electron chi connectivity index (χ1n) is 12.2. The fourth-order valence-corrected chi connectivity index (χ4v) is 4.56. The van der Waals surface area contributed by atoms with Gasteiger partial charge in [-0.15, -0.1) is 0 Å². The van der Waals surface area contributed by atoms with Crippen LogP contribution in [0.15, 0.2) is 60.4 Å². The number of aliphatic carboxylic acids is 1. The molecule has 2 fully saturated rings. The lowest BCUT2D eigenvalue weighted by Gasteiger charge is -2.42. The zero-order valence-corrected chi connectivity index (χ0v) is 20.9. The van der Waals surface area contributed by atoms with Crippen molar-refractivity contribution in [2.45, 2.75) is 33.1 Å². The maximum atomic E-state index is 14.1. The lowest BCUT2D eigenvalue weighted by atomic mass is 9.78. The predicted octanol–water partition coefficient (Wildman–Crippen LogP) is 4.80. The van der Waals surface area contributed by atoms with E-state index < -0.39 is 17.6 Å². The predicted molar refractivity (Wildman–Crippen MR) is 135 cm³/mol. The monoisotopic (exact) mass is 500 g/mol. The third kappa shape index (κ3) is 6.98. The van der Waals surface area contributed by atoms with Crippen molar-refractivity contribution in [3.63, 3.8) is 0 Å². The quantitative estimate of drug-likeness (QED) is 0.410. The molecule has 0 radical (unpaired) electrons. The van der Waals surface area contributed by atoms with Crippen LogP contribution >= 0.6 is 0 Å². The standard InChI is InChI=1S/C28H34F2N2O4/c1-4-5-23(8-6-21(3)27(34)35)32-18-28(19-36-17-26(32)33)11-14-31(15-12-28)13-10-20(2)24-16-22(29)7-9-25(24)30/h5-10,16H,3-4,11-15,17-19H2,1-2H3,(H,34,35)/b8-6-,20-10-,23-5+. The Morgan fingerprint density at radius 1 is 1.22 bits per heavy atom. The van der Waals surface area contributed by atoms with Gasteiger partial charge in [-0.1, -0.05) is 25.7 Å². The number of carboxylic acid groups (broad SMARTS) is 1. The molecule has 0 aromatic heterocycles. The molecule has 1 aromatic carbocycles. The molecule has 0 atom stereocenters. The number of carbonyl (C=O) groups excluding carboxylic acids is 1. The number of ether oxygens (including phenoxy) is 1. The average Bonchev–Trinajstić information content (AvgIpc) is 3.01. The molecule has 1 N–H and O–H groups in total. The number of allylic oxidation sites excluding steroid dienone is 3. The molecule has 2 heterocycles. The van der Waals surface area contributed by atoms with Crippen LogP contribution in [0.2, 0.25) is 0 Å². The van der Waals surface area contributed by atoms with Crippen LogP contribution in [0.1, 0.15) is 38.7 Å². The normalized spacial score (nSPS) is 19.7. The molecule has 2 aliphatic rings. The van der Waals surface area contributed by atoms with Crippen molar-refractivity contribution in [1.82, 2.24) is 9.80 Å². The van der Waals surface area contributed by atoms with E-state index in [1.54, 1.807) is 17.9 Å². The number of nitrogens with zero attached hydrogens (tertiary/aromatic N) is 2. The molecule has 6 nitrogen and oxygen atoms in total. The molecule has 2 saturated heterocycles. The molecular formula is C28H34F2N2O4. The molecule has 194 valence electrons. The maximum absolute atomic E-state index is 14.1. The zero-order chi connectivity index (χ0) is 26.3. The van der Waals surface area contributed by atoms with Crippen molar-refractivity contribution in [3.05, 3.63) is 77.6 Å². The van der Waals surface area contributed by atoms with Crippen LogP contribution in [0.5, 0.6) is 0 Å². The summed E-state index contributed by atoms with van der Waals surface area (Å²) in [6, 6.07) is 3.46. The number of piperidine rings is 1. The smallest absolute Gasteiger partial charge is 0.335 e. The van der Waals surface area contributed by atoms with Crippen molar-refractivity contribution >= 4 is 17.4 Å². The van der Waals surface area contributed by atoms with E-state index in [4.69, 9.17) is 9.84 Å². The Hall–Kier alpha value is -3.10. The second-order valence-electron chi connectivity index (χ2n) is 9.49. The van der Waals surface area contributed by atoms with Crippen LogP contribution in [0.4, 0.5) is 8.78 Å². The molecular weight excluding hydrogens is 466 g/mol. The van der Waals surface area contributed by atoms with E-state index >= 15 is 0 Å². The molecule has 0 aliphatic carbocycles. The molecule has 1 aromatic rings. The Labute approximate surface area is 211 Å². The summed E-state index contributed by atoms with van der Waals surface area (Å²) in [5, 5.41) is 9.11. The van der Waals surface area contributed by atoms with Gasteiger partial charge in [0.2, 0.25) is 0 Å². The first kappa shape index (κ1) is 27.5. The number of hydrogen-bond donors (Lipinski definition) is 1. The minimum atomic E-state index is -1.11.